The Morgan fingerprint density at radius 1 is 1.31 bits per heavy atom. The van der Waals surface area contributed by atoms with Gasteiger partial charge in [-0.25, -0.2) is 0 Å². The van der Waals surface area contributed by atoms with Crippen molar-refractivity contribution >= 4 is 10.9 Å². The van der Waals surface area contributed by atoms with Crippen molar-refractivity contribution in [2.45, 2.75) is 33.2 Å². The second-order valence-electron chi connectivity index (χ2n) is 4.85. The Morgan fingerprint density at radius 2 is 2.00 bits per heavy atom. The van der Waals surface area contributed by atoms with Gasteiger partial charge in [0.05, 0.1) is 5.52 Å². The van der Waals surface area contributed by atoms with Crippen molar-refractivity contribution in [3.63, 3.8) is 0 Å². The molecule has 2 nitrogen and oxygen atoms in total. The lowest BCUT2D eigenvalue weighted by Gasteiger charge is -2.06. The first-order chi connectivity index (χ1) is 7.50. The average Bonchev–Trinajstić information content (AvgIpc) is 2.49. The second-order valence-corrected chi connectivity index (χ2v) is 4.85. The third kappa shape index (κ3) is 1.74. The van der Waals surface area contributed by atoms with Crippen molar-refractivity contribution in [2.24, 2.45) is 12.8 Å². The first-order valence-electron chi connectivity index (χ1n) is 5.80. The van der Waals surface area contributed by atoms with Gasteiger partial charge in [-0.3, -0.25) is 0 Å². The first-order valence-corrected chi connectivity index (χ1v) is 5.80. The van der Waals surface area contributed by atoms with Crippen molar-refractivity contribution in [2.75, 3.05) is 0 Å². The molecule has 1 aromatic heterocycles. The maximum Gasteiger partial charge on any atom is 0.0512 e. The van der Waals surface area contributed by atoms with Crippen LogP contribution in [0, 0.1) is 13.8 Å². The van der Waals surface area contributed by atoms with E-state index in [1.807, 2.05) is 0 Å². The molecular formula is C14H20N2. The van der Waals surface area contributed by atoms with E-state index in [0.29, 0.717) is 0 Å². The number of aromatic nitrogens is 1. The predicted octanol–water partition coefficient (Wildman–Crippen LogP) is 2.68. The van der Waals surface area contributed by atoms with Gasteiger partial charge < -0.3 is 10.3 Å². The highest BCUT2D eigenvalue weighted by atomic mass is 14.9. The third-order valence-corrected chi connectivity index (χ3v) is 3.29. The van der Waals surface area contributed by atoms with Gasteiger partial charge in [-0.05, 0) is 43.9 Å². The lowest BCUT2D eigenvalue weighted by molar-refractivity contribution is 0.738. The average molecular weight is 216 g/mol. The van der Waals surface area contributed by atoms with Crippen molar-refractivity contribution in [1.29, 1.82) is 0 Å². The largest absolute Gasteiger partial charge is 0.350 e. The predicted molar refractivity (Wildman–Crippen MR) is 69.7 cm³/mol. The molecule has 16 heavy (non-hydrogen) atoms. The standard InChI is InChI=1S/C14H20N2/c1-9-5-6-13-12(7-10(2)15)8-16(4)14(13)11(9)3/h5-6,8,10H,7,15H2,1-4H3. The Labute approximate surface area is 97.1 Å². The van der Waals surface area contributed by atoms with Crippen molar-refractivity contribution in [3.8, 4) is 0 Å². The van der Waals surface area contributed by atoms with Crippen LogP contribution in [0.25, 0.3) is 10.9 Å². The fourth-order valence-corrected chi connectivity index (χ4v) is 2.39. The topological polar surface area (TPSA) is 30.9 Å². The summed E-state index contributed by atoms with van der Waals surface area (Å²) in [4.78, 5) is 0. The van der Waals surface area contributed by atoms with Crippen LogP contribution in [0.3, 0.4) is 0 Å². The van der Waals surface area contributed by atoms with E-state index in [1.165, 1.54) is 27.6 Å². The summed E-state index contributed by atoms with van der Waals surface area (Å²) in [5.41, 5.74) is 11.3. The number of fused-ring (bicyclic) bond motifs is 1. The van der Waals surface area contributed by atoms with Gasteiger partial charge in [0.2, 0.25) is 0 Å². The fraction of sp³-hybridized carbons (Fsp3) is 0.429. The van der Waals surface area contributed by atoms with Crippen LogP contribution in [0.4, 0.5) is 0 Å². The molecule has 86 valence electrons. The minimum Gasteiger partial charge on any atom is -0.350 e. The Bertz CT molecular complexity index is 521. The van der Waals surface area contributed by atoms with Crippen LogP contribution in [-0.4, -0.2) is 10.6 Å². The van der Waals surface area contributed by atoms with Gasteiger partial charge in [-0.15, -0.1) is 0 Å². The van der Waals surface area contributed by atoms with Crippen molar-refractivity contribution in [1.82, 2.24) is 4.57 Å². The van der Waals surface area contributed by atoms with Crippen LogP contribution in [0.2, 0.25) is 0 Å². The number of rotatable bonds is 2. The molecule has 0 radical (unpaired) electrons. The quantitative estimate of drug-likeness (QED) is 0.822. The maximum absolute atomic E-state index is 5.88. The maximum atomic E-state index is 5.88. The van der Waals surface area contributed by atoms with Crippen LogP contribution in [0.15, 0.2) is 18.3 Å². The summed E-state index contributed by atoms with van der Waals surface area (Å²) in [7, 11) is 2.11. The van der Waals surface area contributed by atoms with Crippen molar-refractivity contribution < 1.29 is 0 Å². The van der Waals surface area contributed by atoms with Crippen LogP contribution >= 0.6 is 0 Å². The molecule has 1 heterocycles. The molecule has 0 fully saturated rings. The fourth-order valence-electron chi connectivity index (χ4n) is 2.39. The normalized spacial score (nSPS) is 13.3. The number of benzene rings is 1. The molecular weight excluding hydrogens is 196 g/mol. The summed E-state index contributed by atoms with van der Waals surface area (Å²) in [6.07, 6.45) is 3.15. The number of nitrogens with two attached hydrogens (primary N) is 1. The lowest BCUT2D eigenvalue weighted by Crippen LogP contribution is -2.17. The molecule has 2 rings (SSSR count). The van der Waals surface area contributed by atoms with Gasteiger partial charge >= 0.3 is 0 Å². The molecule has 2 N–H and O–H groups in total. The minimum absolute atomic E-state index is 0.215. The Kier molecular flexibility index (Phi) is 2.76. The summed E-state index contributed by atoms with van der Waals surface area (Å²) in [6, 6.07) is 4.63. The molecule has 0 saturated heterocycles. The van der Waals surface area contributed by atoms with Gasteiger partial charge in [0, 0.05) is 24.7 Å². The van der Waals surface area contributed by atoms with E-state index in [4.69, 9.17) is 5.73 Å². The van der Waals surface area contributed by atoms with Gasteiger partial charge in [0.1, 0.15) is 0 Å². The summed E-state index contributed by atoms with van der Waals surface area (Å²) in [5, 5.41) is 1.35. The molecule has 2 heteroatoms. The number of aryl methyl sites for hydroxylation is 3. The van der Waals surface area contributed by atoms with Crippen LogP contribution < -0.4 is 5.73 Å². The summed E-state index contributed by atoms with van der Waals surface area (Å²) in [6.45, 7) is 6.40. The van der Waals surface area contributed by atoms with Gasteiger partial charge in [0.25, 0.3) is 0 Å². The first kappa shape index (κ1) is 11.2. The smallest absolute Gasteiger partial charge is 0.0512 e. The SMILES string of the molecule is Cc1ccc2c(CC(C)N)cn(C)c2c1C. The third-order valence-electron chi connectivity index (χ3n) is 3.29. The van der Waals surface area contributed by atoms with Crippen LogP contribution in [0.1, 0.15) is 23.6 Å². The highest BCUT2D eigenvalue weighted by Gasteiger charge is 2.10. The van der Waals surface area contributed by atoms with Gasteiger partial charge in [-0.1, -0.05) is 12.1 Å². The number of hydrogen-bond donors (Lipinski definition) is 1. The van der Waals surface area contributed by atoms with Crippen molar-refractivity contribution in [3.05, 3.63) is 35.0 Å². The van der Waals surface area contributed by atoms with Gasteiger partial charge in [0.15, 0.2) is 0 Å². The van der Waals surface area contributed by atoms with E-state index in [9.17, 15) is 0 Å². The Balaban J connectivity index is 2.67. The van der Waals surface area contributed by atoms with Crippen LogP contribution in [0.5, 0.6) is 0 Å². The molecule has 1 aromatic carbocycles. The molecule has 1 atom stereocenters. The lowest BCUT2D eigenvalue weighted by atomic mass is 10.0. The Morgan fingerprint density at radius 3 is 2.62 bits per heavy atom. The van der Waals surface area contributed by atoms with Crippen LogP contribution in [-0.2, 0) is 13.5 Å². The van der Waals surface area contributed by atoms with E-state index in [0.717, 1.165) is 6.42 Å². The molecule has 0 saturated carbocycles. The van der Waals surface area contributed by atoms with E-state index in [2.05, 4.69) is 50.7 Å². The summed E-state index contributed by atoms with van der Waals surface area (Å²) >= 11 is 0. The second kappa shape index (κ2) is 3.95. The highest BCUT2D eigenvalue weighted by Crippen LogP contribution is 2.26. The molecule has 1 unspecified atom stereocenters. The monoisotopic (exact) mass is 216 g/mol. The summed E-state index contributed by atoms with van der Waals surface area (Å²) < 4.78 is 2.22. The molecule has 0 aliphatic carbocycles. The van der Waals surface area contributed by atoms with E-state index >= 15 is 0 Å². The zero-order valence-corrected chi connectivity index (χ0v) is 10.5. The molecule has 0 amide bonds. The van der Waals surface area contributed by atoms with E-state index < -0.39 is 0 Å². The molecule has 0 aliphatic heterocycles. The zero-order chi connectivity index (χ0) is 11.9. The zero-order valence-electron chi connectivity index (χ0n) is 10.5. The van der Waals surface area contributed by atoms with E-state index in [1.54, 1.807) is 0 Å². The minimum atomic E-state index is 0.215. The number of nitrogens with zero attached hydrogens (tertiary/aromatic N) is 1. The molecule has 0 bridgehead atoms. The molecule has 0 aliphatic rings. The Hall–Kier alpha value is -1.28. The molecule has 2 aromatic rings. The number of hydrogen-bond acceptors (Lipinski definition) is 1. The highest BCUT2D eigenvalue weighted by molar-refractivity contribution is 5.87. The van der Waals surface area contributed by atoms with Gasteiger partial charge in [-0.2, -0.15) is 0 Å². The molecule has 0 spiro atoms. The summed E-state index contributed by atoms with van der Waals surface area (Å²) in [5.74, 6) is 0. The van der Waals surface area contributed by atoms with E-state index in [-0.39, 0.29) is 6.04 Å².